The van der Waals surface area contributed by atoms with Crippen LogP contribution >= 0.6 is 0 Å². The van der Waals surface area contributed by atoms with E-state index in [1.54, 1.807) is 4.68 Å². The predicted molar refractivity (Wildman–Crippen MR) is 69.9 cm³/mol. The SMILES string of the molecule is Cn1cc(Cn2ccc3ccc(CN)cc32)nn1. The van der Waals surface area contributed by atoms with Gasteiger partial charge >= 0.3 is 0 Å². The first kappa shape index (κ1) is 11.0. The molecular formula is C13H15N5. The summed E-state index contributed by atoms with van der Waals surface area (Å²) in [6.45, 7) is 1.29. The van der Waals surface area contributed by atoms with Gasteiger partial charge < -0.3 is 10.3 Å². The summed E-state index contributed by atoms with van der Waals surface area (Å²) in [5.41, 5.74) is 8.96. The fraction of sp³-hybridized carbons (Fsp3) is 0.231. The standard InChI is InChI=1S/C13H15N5/c1-17-8-12(15-16-17)9-18-5-4-11-3-2-10(7-14)6-13(11)18/h2-6,8H,7,9,14H2,1H3. The van der Waals surface area contributed by atoms with E-state index in [0.29, 0.717) is 6.54 Å². The number of fused-ring (bicyclic) bond motifs is 1. The first-order valence-corrected chi connectivity index (χ1v) is 5.89. The van der Waals surface area contributed by atoms with Crippen LogP contribution in [-0.4, -0.2) is 19.6 Å². The normalized spacial score (nSPS) is 11.2. The Morgan fingerprint density at radius 3 is 2.89 bits per heavy atom. The average molecular weight is 241 g/mol. The Labute approximate surface area is 105 Å². The number of aryl methyl sites for hydroxylation is 1. The van der Waals surface area contributed by atoms with Crippen molar-refractivity contribution in [2.75, 3.05) is 0 Å². The Morgan fingerprint density at radius 1 is 1.28 bits per heavy atom. The maximum absolute atomic E-state index is 5.68. The molecule has 0 unspecified atom stereocenters. The maximum Gasteiger partial charge on any atom is 0.102 e. The monoisotopic (exact) mass is 241 g/mol. The van der Waals surface area contributed by atoms with E-state index < -0.39 is 0 Å². The van der Waals surface area contributed by atoms with Gasteiger partial charge in [-0.15, -0.1) is 5.10 Å². The number of hydrogen-bond donors (Lipinski definition) is 1. The molecule has 3 aromatic rings. The van der Waals surface area contributed by atoms with Crippen LogP contribution in [0.1, 0.15) is 11.3 Å². The molecule has 2 N–H and O–H groups in total. The summed E-state index contributed by atoms with van der Waals surface area (Å²) in [7, 11) is 1.87. The van der Waals surface area contributed by atoms with Crippen molar-refractivity contribution in [3.05, 3.63) is 47.9 Å². The smallest absolute Gasteiger partial charge is 0.102 e. The van der Waals surface area contributed by atoms with Gasteiger partial charge in [-0.25, -0.2) is 0 Å². The summed E-state index contributed by atoms with van der Waals surface area (Å²) in [6.07, 6.45) is 4.00. The molecule has 0 bridgehead atoms. The zero-order valence-corrected chi connectivity index (χ0v) is 10.2. The Bertz CT molecular complexity index is 680. The van der Waals surface area contributed by atoms with Crippen LogP contribution in [0.15, 0.2) is 36.7 Å². The maximum atomic E-state index is 5.68. The van der Waals surface area contributed by atoms with Gasteiger partial charge in [0.15, 0.2) is 0 Å². The number of benzene rings is 1. The molecule has 18 heavy (non-hydrogen) atoms. The van der Waals surface area contributed by atoms with E-state index in [1.165, 1.54) is 10.9 Å². The van der Waals surface area contributed by atoms with Crippen molar-refractivity contribution >= 4 is 10.9 Å². The van der Waals surface area contributed by atoms with Gasteiger partial charge in [-0.05, 0) is 23.1 Å². The van der Waals surface area contributed by atoms with Crippen LogP contribution in [0.5, 0.6) is 0 Å². The molecule has 1 aromatic carbocycles. The van der Waals surface area contributed by atoms with Crippen LogP contribution < -0.4 is 5.73 Å². The van der Waals surface area contributed by atoms with E-state index in [-0.39, 0.29) is 0 Å². The second-order valence-corrected chi connectivity index (χ2v) is 4.42. The summed E-state index contributed by atoms with van der Waals surface area (Å²) >= 11 is 0. The summed E-state index contributed by atoms with van der Waals surface area (Å²) in [5.74, 6) is 0. The lowest BCUT2D eigenvalue weighted by Crippen LogP contribution is -2.00. The third-order valence-corrected chi connectivity index (χ3v) is 3.06. The quantitative estimate of drug-likeness (QED) is 0.751. The molecule has 2 heterocycles. The highest BCUT2D eigenvalue weighted by molar-refractivity contribution is 5.80. The molecular weight excluding hydrogens is 226 g/mol. The Kier molecular flexibility index (Phi) is 2.60. The number of aromatic nitrogens is 4. The zero-order valence-electron chi connectivity index (χ0n) is 10.2. The molecule has 0 atom stereocenters. The van der Waals surface area contributed by atoms with Crippen LogP contribution in [0.2, 0.25) is 0 Å². The van der Waals surface area contributed by atoms with Crippen molar-refractivity contribution in [1.82, 2.24) is 19.6 Å². The van der Waals surface area contributed by atoms with Crippen LogP contribution in [0, 0.1) is 0 Å². The van der Waals surface area contributed by atoms with Crippen molar-refractivity contribution in [2.45, 2.75) is 13.1 Å². The molecule has 5 heteroatoms. The largest absolute Gasteiger partial charge is 0.341 e. The molecule has 2 aromatic heterocycles. The van der Waals surface area contributed by atoms with Gasteiger partial charge in [-0.3, -0.25) is 4.68 Å². The minimum Gasteiger partial charge on any atom is -0.341 e. The van der Waals surface area contributed by atoms with E-state index in [0.717, 1.165) is 17.8 Å². The fourth-order valence-electron chi connectivity index (χ4n) is 2.14. The zero-order chi connectivity index (χ0) is 12.5. The molecule has 0 spiro atoms. The lowest BCUT2D eigenvalue weighted by molar-refractivity contribution is 0.711. The highest BCUT2D eigenvalue weighted by Gasteiger charge is 2.05. The molecule has 0 aliphatic heterocycles. The van der Waals surface area contributed by atoms with Crippen molar-refractivity contribution in [3.63, 3.8) is 0 Å². The minimum absolute atomic E-state index is 0.562. The second-order valence-electron chi connectivity index (χ2n) is 4.42. The summed E-state index contributed by atoms with van der Waals surface area (Å²) in [6, 6.07) is 8.40. The van der Waals surface area contributed by atoms with E-state index >= 15 is 0 Å². The van der Waals surface area contributed by atoms with E-state index in [1.807, 2.05) is 13.2 Å². The number of hydrogen-bond acceptors (Lipinski definition) is 3. The Hall–Kier alpha value is -2.14. The molecule has 92 valence electrons. The first-order chi connectivity index (χ1) is 8.76. The van der Waals surface area contributed by atoms with Crippen LogP contribution in [0.25, 0.3) is 10.9 Å². The number of nitrogens with zero attached hydrogens (tertiary/aromatic N) is 4. The second kappa shape index (κ2) is 4.27. The van der Waals surface area contributed by atoms with Gasteiger partial charge in [0.2, 0.25) is 0 Å². The molecule has 0 radical (unpaired) electrons. The first-order valence-electron chi connectivity index (χ1n) is 5.89. The van der Waals surface area contributed by atoms with Crippen molar-refractivity contribution in [3.8, 4) is 0 Å². The van der Waals surface area contributed by atoms with Crippen LogP contribution in [0.4, 0.5) is 0 Å². The average Bonchev–Trinajstić information content (AvgIpc) is 2.96. The molecule has 3 rings (SSSR count). The van der Waals surface area contributed by atoms with Crippen molar-refractivity contribution in [2.24, 2.45) is 12.8 Å². The van der Waals surface area contributed by atoms with Gasteiger partial charge in [-0.2, -0.15) is 0 Å². The fourth-order valence-corrected chi connectivity index (χ4v) is 2.14. The van der Waals surface area contributed by atoms with Gasteiger partial charge in [-0.1, -0.05) is 17.3 Å². The van der Waals surface area contributed by atoms with Crippen LogP contribution in [0.3, 0.4) is 0 Å². The number of rotatable bonds is 3. The molecule has 0 aliphatic rings. The summed E-state index contributed by atoms with van der Waals surface area (Å²) in [4.78, 5) is 0. The lowest BCUT2D eigenvalue weighted by Gasteiger charge is -2.04. The Morgan fingerprint density at radius 2 is 2.17 bits per heavy atom. The topological polar surface area (TPSA) is 61.7 Å². The number of nitrogens with two attached hydrogens (primary N) is 1. The summed E-state index contributed by atoms with van der Waals surface area (Å²) in [5, 5.41) is 9.27. The third kappa shape index (κ3) is 1.89. The molecule has 0 amide bonds. The van der Waals surface area contributed by atoms with E-state index in [9.17, 15) is 0 Å². The van der Waals surface area contributed by atoms with E-state index in [2.05, 4.69) is 45.3 Å². The van der Waals surface area contributed by atoms with Crippen molar-refractivity contribution < 1.29 is 0 Å². The molecule has 0 saturated heterocycles. The molecule has 0 fully saturated rings. The highest BCUT2D eigenvalue weighted by atomic mass is 15.4. The predicted octanol–water partition coefficient (Wildman–Crippen LogP) is 1.28. The molecule has 0 aliphatic carbocycles. The Balaban J connectivity index is 2.01. The van der Waals surface area contributed by atoms with Crippen molar-refractivity contribution in [1.29, 1.82) is 0 Å². The van der Waals surface area contributed by atoms with Gasteiger partial charge in [0.1, 0.15) is 5.69 Å². The van der Waals surface area contributed by atoms with Crippen LogP contribution in [-0.2, 0) is 20.1 Å². The van der Waals surface area contributed by atoms with E-state index in [4.69, 9.17) is 5.73 Å². The third-order valence-electron chi connectivity index (χ3n) is 3.06. The lowest BCUT2D eigenvalue weighted by atomic mass is 10.1. The highest BCUT2D eigenvalue weighted by Crippen LogP contribution is 2.18. The molecule has 0 saturated carbocycles. The van der Waals surface area contributed by atoms with Gasteiger partial charge in [0.25, 0.3) is 0 Å². The van der Waals surface area contributed by atoms with Gasteiger partial charge in [0.05, 0.1) is 6.54 Å². The molecule has 5 nitrogen and oxygen atoms in total. The van der Waals surface area contributed by atoms with Gasteiger partial charge in [0, 0.05) is 31.5 Å². The summed E-state index contributed by atoms with van der Waals surface area (Å²) < 4.78 is 3.88. The minimum atomic E-state index is 0.562.